The van der Waals surface area contributed by atoms with Crippen molar-refractivity contribution in [1.29, 1.82) is 5.26 Å². The summed E-state index contributed by atoms with van der Waals surface area (Å²) in [6.45, 7) is -1.74. The second-order valence-corrected chi connectivity index (χ2v) is 3.27. The molecular formula is C10H10F3N3O. The molecule has 0 radical (unpaired) electrons. The van der Waals surface area contributed by atoms with Gasteiger partial charge < -0.3 is 10.0 Å². The fourth-order valence-electron chi connectivity index (χ4n) is 1.31. The number of hydrogen-bond acceptors (Lipinski definition) is 4. The highest BCUT2D eigenvalue weighted by Gasteiger charge is 2.30. The van der Waals surface area contributed by atoms with E-state index in [0.717, 1.165) is 4.90 Å². The minimum atomic E-state index is -4.37. The average molecular weight is 245 g/mol. The lowest BCUT2D eigenvalue weighted by atomic mass is 10.3. The quantitative estimate of drug-likeness (QED) is 0.868. The van der Waals surface area contributed by atoms with Crippen molar-refractivity contribution >= 4 is 5.69 Å². The maximum Gasteiger partial charge on any atom is 0.405 e. The van der Waals surface area contributed by atoms with E-state index < -0.39 is 19.3 Å². The molecule has 92 valence electrons. The summed E-state index contributed by atoms with van der Waals surface area (Å²) in [6.07, 6.45) is -3.11. The smallest absolute Gasteiger partial charge is 0.395 e. The molecule has 0 unspecified atom stereocenters. The van der Waals surface area contributed by atoms with Gasteiger partial charge in [0, 0.05) is 18.4 Å². The topological polar surface area (TPSA) is 60.2 Å². The van der Waals surface area contributed by atoms with E-state index in [2.05, 4.69) is 4.98 Å². The highest BCUT2D eigenvalue weighted by atomic mass is 19.4. The van der Waals surface area contributed by atoms with Crippen LogP contribution in [0.25, 0.3) is 0 Å². The Kier molecular flexibility index (Phi) is 4.29. The van der Waals surface area contributed by atoms with Gasteiger partial charge in [-0.15, -0.1) is 0 Å². The van der Waals surface area contributed by atoms with Crippen LogP contribution < -0.4 is 4.90 Å². The van der Waals surface area contributed by atoms with E-state index in [9.17, 15) is 13.2 Å². The highest BCUT2D eigenvalue weighted by Crippen LogP contribution is 2.21. The standard InChI is InChI=1S/C10H10F3N3O/c11-10(12,13)7-16(3-4-17)9-1-2-15-8(5-9)6-14/h1-2,5,17H,3-4,7H2. The molecule has 7 heteroatoms. The lowest BCUT2D eigenvalue weighted by molar-refractivity contribution is -0.119. The molecule has 0 aliphatic heterocycles. The molecule has 0 aromatic carbocycles. The fraction of sp³-hybridized carbons (Fsp3) is 0.400. The van der Waals surface area contributed by atoms with Crippen LogP contribution in [0.1, 0.15) is 5.69 Å². The molecule has 1 heterocycles. The second-order valence-electron chi connectivity index (χ2n) is 3.27. The Hall–Kier alpha value is -1.81. The first-order valence-electron chi connectivity index (χ1n) is 4.75. The molecule has 1 rings (SSSR count). The van der Waals surface area contributed by atoms with Crippen LogP contribution in [0.5, 0.6) is 0 Å². The van der Waals surface area contributed by atoms with Gasteiger partial charge in [-0.25, -0.2) is 4.98 Å². The minimum absolute atomic E-state index is 0.0348. The van der Waals surface area contributed by atoms with E-state index in [1.165, 1.54) is 18.3 Å². The number of aliphatic hydroxyl groups excluding tert-OH is 1. The van der Waals surface area contributed by atoms with Crippen LogP contribution in [0.4, 0.5) is 18.9 Å². The number of nitriles is 1. The van der Waals surface area contributed by atoms with E-state index in [0.29, 0.717) is 0 Å². The van der Waals surface area contributed by atoms with Crippen molar-refractivity contribution in [3.63, 3.8) is 0 Å². The lowest BCUT2D eigenvalue weighted by Gasteiger charge is -2.24. The van der Waals surface area contributed by atoms with E-state index in [1.54, 1.807) is 6.07 Å². The molecule has 0 atom stereocenters. The second kappa shape index (κ2) is 5.50. The molecule has 1 aromatic heterocycles. The maximum absolute atomic E-state index is 12.3. The van der Waals surface area contributed by atoms with Crippen molar-refractivity contribution in [3.8, 4) is 6.07 Å². The molecule has 0 saturated heterocycles. The lowest BCUT2D eigenvalue weighted by Crippen LogP contribution is -2.36. The van der Waals surface area contributed by atoms with Gasteiger partial charge in [0.05, 0.1) is 6.61 Å². The highest BCUT2D eigenvalue weighted by molar-refractivity contribution is 5.48. The largest absolute Gasteiger partial charge is 0.405 e. The van der Waals surface area contributed by atoms with Crippen LogP contribution in [0.15, 0.2) is 18.3 Å². The third-order valence-corrected chi connectivity index (χ3v) is 1.96. The van der Waals surface area contributed by atoms with Gasteiger partial charge in [-0.1, -0.05) is 0 Å². The van der Waals surface area contributed by atoms with Crippen molar-refractivity contribution in [2.24, 2.45) is 0 Å². The number of halogens is 3. The SMILES string of the molecule is N#Cc1cc(N(CCO)CC(F)(F)F)ccn1. The zero-order valence-electron chi connectivity index (χ0n) is 8.78. The molecule has 0 fully saturated rings. The molecule has 0 saturated carbocycles. The Morgan fingerprint density at radius 1 is 1.47 bits per heavy atom. The summed E-state index contributed by atoms with van der Waals surface area (Å²) in [7, 11) is 0. The van der Waals surface area contributed by atoms with E-state index >= 15 is 0 Å². The maximum atomic E-state index is 12.3. The minimum Gasteiger partial charge on any atom is -0.395 e. The van der Waals surface area contributed by atoms with Gasteiger partial charge in [0.2, 0.25) is 0 Å². The average Bonchev–Trinajstić information content (AvgIpc) is 2.27. The summed E-state index contributed by atoms with van der Waals surface area (Å²) in [5, 5.41) is 17.3. The van der Waals surface area contributed by atoms with Crippen molar-refractivity contribution in [3.05, 3.63) is 24.0 Å². The summed E-state index contributed by atoms with van der Waals surface area (Å²) in [4.78, 5) is 4.61. The van der Waals surface area contributed by atoms with Crippen molar-refractivity contribution in [1.82, 2.24) is 4.98 Å². The Morgan fingerprint density at radius 3 is 2.71 bits per heavy atom. The Balaban J connectivity index is 2.93. The third kappa shape index (κ3) is 4.28. The van der Waals surface area contributed by atoms with E-state index in [-0.39, 0.29) is 17.9 Å². The number of hydrogen-bond donors (Lipinski definition) is 1. The number of aromatic nitrogens is 1. The zero-order valence-corrected chi connectivity index (χ0v) is 8.78. The number of alkyl halides is 3. The summed E-state index contributed by atoms with van der Waals surface area (Å²) < 4.78 is 36.9. The van der Waals surface area contributed by atoms with Crippen molar-refractivity contribution in [2.45, 2.75) is 6.18 Å². The molecule has 1 N–H and O–H groups in total. The summed E-state index contributed by atoms with van der Waals surface area (Å²) in [5.74, 6) is 0. The van der Waals surface area contributed by atoms with Gasteiger partial charge in [0.25, 0.3) is 0 Å². The van der Waals surface area contributed by atoms with Gasteiger partial charge in [-0.2, -0.15) is 18.4 Å². The van der Waals surface area contributed by atoms with Crippen LogP contribution in [-0.4, -0.2) is 36.0 Å². The van der Waals surface area contributed by atoms with E-state index in [1.807, 2.05) is 0 Å². The molecule has 1 aromatic rings. The number of rotatable bonds is 4. The molecule has 0 spiro atoms. The van der Waals surface area contributed by atoms with Crippen molar-refractivity contribution < 1.29 is 18.3 Å². The molecule has 0 aliphatic carbocycles. The third-order valence-electron chi connectivity index (χ3n) is 1.96. The number of aliphatic hydroxyl groups is 1. The molecule has 0 bridgehead atoms. The van der Waals surface area contributed by atoms with Gasteiger partial charge in [0.15, 0.2) is 0 Å². The van der Waals surface area contributed by atoms with Gasteiger partial charge in [0.1, 0.15) is 18.3 Å². The predicted molar refractivity (Wildman–Crippen MR) is 54.3 cm³/mol. The number of anilines is 1. The van der Waals surface area contributed by atoms with Crippen LogP contribution in [0.3, 0.4) is 0 Å². The van der Waals surface area contributed by atoms with Crippen molar-refractivity contribution in [2.75, 3.05) is 24.6 Å². The van der Waals surface area contributed by atoms with Gasteiger partial charge in [-0.05, 0) is 12.1 Å². The van der Waals surface area contributed by atoms with Crippen LogP contribution in [0.2, 0.25) is 0 Å². The summed E-state index contributed by atoms with van der Waals surface area (Å²) >= 11 is 0. The molecule has 0 amide bonds. The first-order valence-corrected chi connectivity index (χ1v) is 4.75. The number of pyridine rings is 1. The zero-order chi connectivity index (χ0) is 12.9. The Bertz CT molecular complexity index is 414. The molecule has 17 heavy (non-hydrogen) atoms. The van der Waals surface area contributed by atoms with Crippen LogP contribution in [0, 0.1) is 11.3 Å². The summed E-state index contributed by atoms with van der Waals surface area (Å²) in [5.41, 5.74) is 0.246. The number of nitrogens with zero attached hydrogens (tertiary/aromatic N) is 3. The predicted octanol–water partition coefficient (Wildman–Crippen LogP) is 1.31. The summed E-state index contributed by atoms with van der Waals surface area (Å²) in [6, 6.07) is 4.36. The van der Waals surface area contributed by atoms with Crippen LogP contribution in [-0.2, 0) is 0 Å². The first kappa shape index (κ1) is 13.3. The Labute approximate surface area is 95.9 Å². The van der Waals surface area contributed by atoms with Gasteiger partial charge >= 0.3 is 6.18 Å². The fourth-order valence-corrected chi connectivity index (χ4v) is 1.31. The normalized spacial score (nSPS) is 11.0. The monoisotopic (exact) mass is 245 g/mol. The molecule has 4 nitrogen and oxygen atoms in total. The molecule has 0 aliphatic rings. The Morgan fingerprint density at radius 2 is 2.18 bits per heavy atom. The van der Waals surface area contributed by atoms with Crippen LogP contribution >= 0.6 is 0 Å². The molecular weight excluding hydrogens is 235 g/mol. The first-order chi connectivity index (χ1) is 7.96. The van der Waals surface area contributed by atoms with E-state index in [4.69, 9.17) is 10.4 Å². The van der Waals surface area contributed by atoms with Gasteiger partial charge in [-0.3, -0.25) is 0 Å².